The summed E-state index contributed by atoms with van der Waals surface area (Å²) in [5.74, 6) is 1.67. The van der Waals surface area contributed by atoms with E-state index in [4.69, 9.17) is 5.73 Å². The van der Waals surface area contributed by atoms with Crippen molar-refractivity contribution in [3.05, 3.63) is 0 Å². The molecule has 2 rings (SSSR count). The van der Waals surface area contributed by atoms with E-state index >= 15 is 0 Å². The van der Waals surface area contributed by atoms with Gasteiger partial charge < -0.3 is 5.73 Å². The zero-order chi connectivity index (χ0) is 15.2. The lowest BCUT2D eigenvalue weighted by molar-refractivity contribution is -0.0355. The third-order valence-electron chi connectivity index (χ3n) is 5.79. The maximum absolute atomic E-state index is 6.34. The molecule has 1 heterocycles. The minimum Gasteiger partial charge on any atom is -0.329 e. The summed E-state index contributed by atoms with van der Waals surface area (Å²) in [6.07, 6.45) is 5.22. The zero-order valence-corrected chi connectivity index (χ0v) is 14.6. The van der Waals surface area contributed by atoms with Crippen molar-refractivity contribution in [1.82, 2.24) is 4.90 Å². The third-order valence-corrected chi connectivity index (χ3v) is 5.79. The Balaban J connectivity index is 2.21. The number of nitrogens with zero attached hydrogens (tertiary/aromatic N) is 1. The first-order valence-corrected chi connectivity index (χ1v) is 8.54. The van der Waals surface area contributed by atoms with Crippen molar-refractivity contribution in [1.29, 1.82) is 0 Å². The largest absolute Gasteiger partial charge is 0.329 e. The molecule has 1 atom stereocenters. The smallest absolute Gasteiger partial charge is 0.0342 e. The molecule has 0 spiro atoms. The first kappa shape index (κ1) is 16.3. The summed E-state index contributed by atoms with van der Waals surface area (Å²) >= 11 is 0. The molecule has 1 saturated carbocycles. The summed E-state index contributed by atoms with van der Waals surface area (Å²) in [5, 5.41) is 0. The minimum absolute atomic E-state index is 0.245. The zero-order valence-electron chi connectivity index (χ0n) is 14.6. The van der Waals surface area contributed by atoms with Crippen LogP contribution in [-0.2, 0) is 0 Å². The van der Waals surface area contributed by atoms with Gasteiger partial charge in [0.2, 0.25) is 0 Å². The van der Waals surface area contributed by atoms with E-state index in [2.05, 4.69) is 46.4 Å². The van der Waals surface area contributed by atoms with E-state index in [9.17, 15) is 0 Å². The van der Waals surface area contributed by atoms with Gasteiger partial charge in [-0.05, 0) is 54.9 Å². The molecule has 0 radical (unpaired) electrons. The molecule has 2 fully saturated rings. The van der Waals surface area contributed by atoms with Crippen molar-refractivity contribution in [2.24, 2.45) is 28.4 Å². The molecule has 0 aromatic heterocycles. The molecule has 1 aliphatic carbocycles. The molecule has 2 heteroatoms. The predicted molar refractivity (Wildman–Crippen MR) is 87.7 cm³/mol. The summed E-state index contributed by atoms with van der Waals surface area (Å²) in [6.45, 7) is 17.8. The third kappa shape index (κ3) is 3.22. The van der Waals surface area contributed by atoms with Crippen LogP contribution >= 0.6 is 0 Å². The standard InChI is InChI=1S/C18H36N2/c1-14(2)15-7-8-20(9-15)18(13-19)11-16(3,4)10-17(5,6)12-18/h14-15H,7-13,19H2,1-6H3. The molecule has 20 heavy (non-hydrogen) atoms. The highest BCUT2D eigenvalue weighted by Crippen LogP contribution is 2.52. The molecule has 118 valence electrons. The van der Waals surface area contributed by atoms with Crippen LogP contribution in [0.4, 0.5) is 0 Å². The molecule has 2 N–H and O–H groups in total. The Hall–Kier alpha value is -0.0800. The first-order chi connectivity index (χ1) is 9.09. The van der Waals surface area contributed by atoms with Gasteiger partial charge in [0.1, 0.15) is 0 Å². The quantitative estimate of drug-likeness (QED) is 0.849. The molecule has 0 aromatic rings. The van der Waals surface area contributed by atoms with Crippen LogP contribution in [0.15, 0.2) is 0 Å². The van der Waals surface area contributed by atoms with E-state index < -0.39 is 0 Å². The summed E-state index contributed by atoms with van der Waals surface area (Å²) in [7, 11) is 0. The van der Waals surface area contributed by atoms with Crippen LogP contribution < -0.4 is 5.73 Å². The lowest BCUT2D eigenvalue weighted by Crippen LogP contribution is -2.60. The second kappa shape index (κ2) is 5.28. The summed E-state index contributed by atoms with van der Waals surface area (Å²) < 4.78 is 0. The van der Waals surface area contributed by atoms with Gasteiger partial charge >= 0.3 is 0 Å². The number of hydrogen-bond acceptors (Lipinski definition) is 2. The van der Waals surface area contributed by atoms with Crippen molar-refractivity contribution in [2.75, 3.05) is 19.6 Å². The fourth-order valence-corrected chi connectivity index (χ4v) is 5.52. The van der Waals surface area contributed by atoms with Crippen LogP contribution in [0.3, 0.4) is 0 Å². The molecule has 0 aromatic carbocycles. The molecule has 2 aliphatic rings. The molecule has 0 amide bonds. The molecule has 1 unspecified atom stereocenters. The Kier molecular flexibility index (Phi) is 4.30. The summed E-state index contributed by atoms with van der Waals surface area (Å²) in [6, 6.07) is 0. The van der Waals surface area contributed by atoms with Gasteiger partial charge in [0.15, 0.2) is 0 Å². The highest BCUT2D eigenvalue weighted by molar-refractivity contribution is 5.06. The van der Waals surface area contributed by atoms with E-state index in [1.54, 1.807) is 0 Å². The first-order valence-electron chi connectivity index (χ1n) is 8.54. The van der Waals surface area contributed by atoms with E-state index in [0.717, 1.165) is 18.4 Å². The van der Waals surface area contributed by atoms with Crippen molar-refractivity contribution in [3.8, 4) is 0 Å². The number of hydrogen-bond donors (Lipinski definition) is 1. The van der Waals surface area contributed by atoms with Gasteiger partial charge in [0.25, 0.3) is 0 Å². The predicted octanol–water partition coefficient (Wildman–Crippen LogP) is 3.90. The number of likely N-dealkylation sites (tertiary alicyclic amines) is 1. The average Bonchev–Trinajstić information content (AvgIpc) is 2.74. The fraction of sp³-hybridized carbons (Fsp3) is 1.00. The van der Waals surface area contributed by atoms with Crippen LogP contribution in [0.2, 0.25) is 0 Å². The second-order valence-corrected chi connectivity index (χ2v) is 9.53. The van der Waals surface area contributed by atoms with Crippen molar-refractivity contribution >= 4 is 0 Å². The van der Waals surface area contributed by atoms with Gasteiger partial charge in [-0.25, -0.2) is 0 Å². The van der Waals surface area contributed by atoms with Gasteiger partial charge in [-0.15, -0.1) is 0 Å². The monoisotopic (exact) mass is 280 g/mol. The SMILES string of the molecule is CC(C)C1CCN(C2(CN)CC(C)(C)CC(C)(C)C2)C1. The van der Waals surface area contributed by atoms with E-state index in [1.165, 1.54) is 38.8 Å². The molecule has 2 nitrogen and oxygen atoms in total. The lowest BCUT2D eigenvalue weighted by atomic mass is 9.58. The van der Waals surface area contributed by atoms with Crippen LogP contribution in [0, 0.1) is 22.7 Å². The van der Waals surface area contributed by atoms with Gasteiger partial charge in [-0.3, -0.25) is 4.90 Å². The summed E-state index contributed by atoms with van der Waals surface area (Å²) in [5.41, 5.74) is 7.41. The molecule has 1 saturated heterocycles. The van der Waals surface area contributed by atoms with Crippen LogP contribution in [0.25, 0.3) is 0 Å². The molecule has 1 aliphatic heterocycles. The Morgan fingerprint density at radius 2 is 1.60 bits per heavy atom. The van der Waals surface area contributed by atoms with Gasteiger partial charge in [-0.1, -0.05) is 41.5 Å². The topological polar surface area (TPSA) is 29.3 Å². The van der Waals surface area contributed by atoms with E-state index in [1.807, 2.05) is 0 Å². The highest BCUT2D eigenvalue weighted by atomic mass is 15.2. The van der Waals surface area contributed by atoms with Crippen molar-refractivity contribution < 1.29 is 0 Å². The van der Waals surface area contributed by atoms with Crippen LogP contribution in [-0.4, -0.2) is 30.1 Å². The van der Waals surface area contributed by atoms with Crippen molar-refractivity contribution in [3.63, 3.8) is 0 Å². The Morgan fingerprint density at radius 1 is 1.05 bits per heavy atom. The fourth-order valence-electron chi connectivity index (χ4n) is 5.52. The van der Waals surface area contributed by atoms with Gasteiger partial charge in [0.05, 0.1) is 0 Å². The highest BCUT2D eigenvalue weighted by Gasteiger charge is 2.50. The number of nitrogens with two attached hydrogens (primary N) is 1. The van der Waals surface area contributed by atoms with Gasteiger partial charge in [0, 0.05) is 18.6 Å². The van der Waals surface area contributed by atoms with Gasteiger partial charge in [-0.2, -0.15) is 0 Å². The summed E-state index contributed by atoms with van der Waals surface area (Å²) in [4.78, 5) is 2.76. The maximum atomic E-state index is 6.34. The molecular formula is C18H36N2. The van der Waals surface area contributed by atoms with Crippen LogP contribution in [0.5, 0.6) is 0 Å². The Labute approximate surface area is 126 Å². The van der Waals surface area contributed by atoms with Crippen LogP contribution in [0.1, 0.15) is 67.2 Å². The molecule has 0 bridgehead atoms. The second-order valence-electron chi connectivity index (χ2n) is 9.53. The normalized spacial score (nSPS) is 32.7. The van der Waals surface area contributed by atoms with Crippen molar-refractivity contribution in [2.45, 2.75) is 72.8 Å². The number of rotatable bonds is 3. The minimum atomic E-state index is 0.245. The van der Waals surface area contributed by atoms with E-state index in [0.29, 0.717) is 10.8 Å². The lowest BCUT2D eigenvalue weighted by Gasteiger charge is -2.55. The molecular weight excluding hydrogens is 244 g/mol. The maximum Gasteiger partial charge on any atom is 0.0342 e. The Bertz CT molecular complexity index is 327. The Morgan fingerprint density at radius 3 is 2.00 bits per heavy atom. The van der Waals surface area contributed by atoms with E-state index in [-0.39, 0.29) is 5.54 Å². The average molecular weight is 280 g/mol.